The molecule has 4 heteroatoms. The largest absolute Gasteiger partial charge is 0.758 e. The zero-order valence-electron chi connectivity index (χ0n) is 7.02. The Morgan fingerprint density at radius 1 is 0.833 bits per heavy atom. The van der Waals surface area contributed by atoms with Gasteiger partial charge in [-0.2, -0.15) is 0 Å². The van der Waals surface area contributed by atoms with Crippen LogP contribution in [0.1, 0.15) is 0 Å². The quantitative estimate of drug-likeness (QED) is 0.625. The highest BCUT2D eigenvalue weighted by Gasteiger charge is 1.91. The Bertz CT molecular complexity index is 217. The molecular formula is C8H10N2O2-2. The van der Waals surface area contributed by atoms with Gasteiger partial charge in [-0.1, -0.05) is 0 Å². The number of hydrogen-bond donors (Lipinski definition) is 0. The second-order valence-electron chi connectivity index (χ2n) is 2.51. The van der Waals surface area contributed by atoms with E-state index in [1.165, 1.54) is 14.1 Å². The van der Waals surface area contributed by atoms with Crippen LogP contribution in [0.5, 0.6) is 0 Å². The first-order chi connectivity index (χ1) is 5.61. The van der Waals surface area contributed by atoms with Crippen molar-refractivity contribution in [1.82, 2.24) is 0 Å². The summed E-state index contributed by atoms with van der Waals surface area (Å²) in [5, 5.41) is 23.0. The molecule has 66 valence electrons. The SMILES string of the molecule is CN([O-])c1ccc(N(C)[O-])cc1. The number of hydroxylamine groups is 2. The molecule has 1 aromatic rings. The standard InChI is InChI=1S/C8H10N2O2/c1-9(11)7-3-5-8(6-4-7)10(2)12/h3-6H,1-2H3/q-2. The molecular weight excluding hydrogens is 156 g/mol. The van der Waals surface area contributed by atoms with Gasteiger partial charge in [0, 0.05) is 11.4 Å². The Morgan fingerprint density at radius 3 is 1.25 bits per heavy atom. The van der Waals surface area contributed by atoms with Crippen molar-refractivity contribution in [2.24, 2.45) is 0 Å². The highest BCUT2D eigenvalue weighted by Crippen LogP contribution is 2.17. The minimum Gasteiger partial charge on any atom is -0.758 e. The van der Waals surface area contributed by atoms with Crippen LogP contribution in [0.3, 0.4) is 0 Å². The van der Waals surface area contributed by atoms with Gasteiger partial charge in [-0.25, -0.2) is 0 Å². The first-order valence-electron chi connectivity index (χ1n) is 3.53. The van der Waals surface area contributed by atoms with Crippen LogP contribution in [0, 0.1) is 10.4 Å². The summed E-state index contributed by atoms with van der Waals surface area (Å²) < 4.78 is 0. The van der Waals surface area contributed by atoms with Crippen LogP contribution in [0.2, 0.25) is 0 Å². The molecule has 1 rings (SSSR count). The van der Waals surface area contributed by atoms with Gasteiger partial charge >= 0.3 is 0 Å². The fourth-order valence-corrected chi connectivity index (χ4v) is 0.872. The zero-order valence-corrected chi connectivity index (χ0v) is 7.02. The van der Waals surface area contributed by atoms with E-state index in [2.05, 4.69) is 0 Å². The van der Waals surface area contributed by atoms with E-state index in [9.17, 15) is 10.4 Å². The number of hydrogen-bond acceptors (Lipinski definition) is 4. The van der Waals surface area contributed by atoms with E-state index in [1.54, 1.807) is 24.3 Å². The van der Waals surface area contributed by atoms with Crippen molar-refractivity contribution in [1.29, 1.82) is 0 Å². The third-order valence-corrected chi connectivity index (χ3v) is 1.58. The number of nitrogens with zero attached hydrogens (tertiary/aromatic N) is 2. The second kappa shape index (κ2) is 3.42. The molecule has 0 saturated heterocycles. The maximum absolute atomic E-state index is 10.8. The maximum Gasteiger partial charge on any atom is 0.0258 e. The molecule has 0 aliphatic heterocycles. The van der Waals surface area contributed by atoms with Gasteiger partial charge in [-0.3, -0.25) is 0 Å². The van der Waals surface area contributed by atoms with Crippen molar-refractivity contribution >= 4 is 11.4 Å². The lowest BCUT2D eigenvalue weighted by molar-refractivity contribution is 1.19. The van der Waals surface area contributed by atoms with Crippen molar-refractivity contribution in [2.45, 2.75) is 0 Å². The maximum atomic E-state index is 10.8. The third kappa shape index (κ3) is 1.87. The molecule has 0 saturated carbocycles. The minimum absolute atomic E-state index is 0.542. The van der Waals surface area contributed by atoms with E-state index in [1.807, 2.05) is 0 Å². The van der Waals surface area contributed by atoms with Gasteiger partial charge in [0.2, 0.25) is 0 Å². The Balaban J connectivity index is 2.86. The first-order valence-corrected chi connectivity index (χ1v) is 3.53. The van der Waals surface area contributed by atoms with Gasteiger partial charge in [-0.15, -0.1) is 0 Å². The van der Waals surface area contributed by atoms with Gasteiger partial charge < -0.3 is 20.5 Å². The summed E-state index contributed by atoms with van der Waals surface area (Å²) in [6.07, 6.45) is 0. The van der Waals surface area contributed by atoms with Gasteiger partial charge in [-0.05, 0) is 38.4 Å². The molecule has 12 heavy (non-hydrogen) atoms. The summed E-state index contributed by atoms with van der Waals surface area (Å²) in [5.74, 6) is 0. The van der Waals surface area contributed by atoms with E-state index < -0.39 is 0 Å². The summed E-state index contributed by atoms with van der Waals surface area (Å²) >= 11 is 0. The average molecular weight is 166 g/mol. The monoisotopic (exact) mass is 166 g/mol. The molecule has 0 N–H and O–H groups in total. The molecule has 0 amide bonds. The normalized spacial score (nSPS) is 9.67. The van der Waals surface area contributed by atoms with Crippen LogP contribution in [-0.4, -0.2) is 14.1 Å². The summed E-state index contributed by atoms with van der Waals surface area (Å²) in [4.78, 5) is 0. The zero-order chi connectivity index (χ0) is 9.14. The van der Waals surface area contributed by atoms with Gasteiger partial charge in [0.15, 0.2) is 0 Å². The summed E-state index contributed by atoms with van der Waals surface area (Å²) in [6, 6.07) is 6.43. The fraction of sp³-hybridized carbons (Fsp3) is 0.250. The van der Waals surface area contributed by atoms with Crippen LogP contribution in [0.4, 0.5) is 11.4 Å². The molecule has 0 aliphatic rings. The van der Waals surface area contributed by atoms with Crippen LogP contribution in [-0.2, 0) is 0 Å². The third-order valence-electron chi connectivity index (χ3n) is 1.58. The Kier molecular flexibility index (Phi) is 2.52. The molecule has 0 fully saturated rings. The Hall–Kier alpha value is -1.26. The topological polar surface area (TPSA) is 52.6 Å². The minimum atomic E-state index is 0.542. The van der Waals surface area contributed by atoms with Crippen molar-refractivity contribution in [3.05, 3.63) is 34.7 Å². The molecule has 0 unspecified atom stereocenters. The lowest BCUT2D eigenvalue weighted by Gasteiger charge is -2.28. The Labute approximate surface area is 71.2 Å². The lowest BCUT2D eigenvalue weighted by atomic mass is 10.3. The van der Waals surface area contributed by atoms with Crippen molar-refractivity contribution in [3.63, 3.8) is 0 Å². The second-order valence-corrected chi connectivity index (χ2v) is 2.51. The first kappa shape index (κ1) is 8.83. The molecule has 0 bridgehead atoms. The predicted octanol–water partition coefficient (Wildman–Crippen LogP) is 1.55. The van der Waals surface area contributed by atoms with Crippen LogP contribution in [0.25, 0.3) is 0 Å². The molecule has 0 spiro atoms. The number of rotatable bonds is 2. The van der Waals surface area contributed by atoms with Gasteiger partial charge in [0.05, 0.1) is 0 Å². The summed E-state index contributed by atoms with van der Waals surface area (Å²) in [5.41, 5.74) is 1.08. The smallest absolute Gasteiger partial charge is 0.0258 e. The molecule has 0 atom stereocenters. The summed E-state index contributed by atoms with van der Waals surface area (Å²) in [6.45, 7) is 0. The number of benzene rings is 1. The molecule has 0 heterocycles. The lowest BCUT2D eigenvalue weighted by Crippen LogP contribution is -2.08. The molecule has 0 aromatic heterocycles. The van der Waals surface area contributed by atoms with Crippen LogP contribution < -0.4 is 10.1 Å². The van der Waals surface area contributed by atoms with Crippen LogP contribution >= 0.6 is 0 Å². The van der Waals surface area contributed by atoms with E-state index in [4.69, 9.17) is 0 Å². The Morgan fingerprint density at radius 2 is 1.08 bits per heavy atom. The molecule has 1 aromatic carbocycles. The van der Waals surface area contributed by atoms with Crippen molar-refractivity contribution in [3.8, 4) is 0 Å². The number of anilines is 2. The van der Waals surface area contributed by atoms with Gasteiger partial charge in [0.25, 0.3) is 0 Å². The van der Waals surface area contributed by atoms with E-state index in [0.29, 0.717) is 11.4 Å². The van der Waals surface area contributed by atoms with Crippen molar-refractivity contribution in [2.75, 3.05) is 24.2 Å². The molecule has 0 aliphatic carbocycles. The van der Waals surface area contributed by atoms with Gasteiger partial charge in [0.1, 0.15) is 0 Å². The highest BCUT2D eigenvalue weighted by molar-refractivity contribution is 5.56. The molecule has 0 radical (unpaired) electrons. The van der Waals surface area contributed by atoms with Crippen molar-refractivity contribution < 1.29 is 0 Å². The average Bonchev–Trinajstić information content (AvgIpc) is 2.04. The predicted molar refractivity (Wildman–Crippen MR) is 50.0 cm³/mol. The summed E-state index contributed by atoms with van der Waals surface area (Å²) in [7, 11) is 2.83. The molecule has 4 nitrogen and oxygen atoms in total. The van der Waals surface area contributed by atoms with E-state index in [-0.39, 0.29) is 0 Å². The van der Waals surface area contributed by atoms with E-state index >= 15 is 0 Å². The fourth-order valence-electron chi connectivity index (χ4n) is 0.872. The van der Waals surface area contributed by atoms with E-state index in [0.717, 1.165) is 10.1 Å². The van der Waals surface area contributed by atoms with Crippen LogP contribution in [0.15, 0.2) is 24.3 Å². The highest BCUT2D eigenvalue weighted by atomic mass is 16.5.